The summed E-state index contributed by atoms with van der Waals surface area (Å²) in [6.45, 7) is 8.80. The standard InChI is InChI=1S/C19H22/c1-15-7-5-6-8-18(15)17-11-9-16(10-12-17)13-14-19(2,3)4/h5-14H,1-4H3. The van der Waals surface area contributed by atoms with Crippen LogP contribution < -0.4 is 0 Å². The molecule has 0 saturated heterocycles. The Balaban J connectivity index is 2.25. The minimum absolute atomic E-state index is 0.231. The zero-order valence-electron chi connectivity index (χ0n) is 12.3. The van der Waals surface area contributed by atoms with Crippen molar-refractivity contribution in [3.8, 4) is 11.1 Å². The van der Waals surface area contributed by atoms with Crippen LogP contribution in [0.25, 0.3) is 17.2 Å². The highest BCUT2D eigenvalue weighted by molar-refractivity contribution is 5.68. The minimum Gasteiger partial charge on any atom is -0.0785 e. The highest BCUT2D eigenvalue weighted by atomic mass is 14.1. The fourth-order valence-electron chi connectivity index (χ4n) is 2.02. The predicted molar refractivity (Wildman–Crippen MR) is 85.1 cm³/mol. The van der Waals surface area contributed by atoms with Crippen molar-refractivity contribution in [3.63, 3.8) is 0 Å². The van der Waals surface area contributed by atoms with Gasteiger partial charge in [-0.2, -0.15) is 0 Å². The molecule has 0 aliphatic rings. The van der Waals surface area contributed by atoms with Crippen LogP contribution in [-0.2, 0) is 0 Å². The summed E-state index contributed by atoms with van der Waals surface area (Å²) >= 11 is 0. The van der Waals surface area contributed by atoms with Gasteiger partial charge < -0.3 is 0 Å². The lowest BCUT2D eigenvalue weighted by Gasteiger charge is -2.11. The second kappa shape index (κ2) is 5.44. The molecule has 0 N–H and O–H groups in total. The molecule has 98 valence electrons. The van der Waals surface area contributed by atoms with E-state index in [0.29, 0.717) is 0 Å². The molecular formula is C19H22. The van der Waals surface area contributed by atoms with Gasteiger partial charge in [-0.05, 0) is 34.6 Å². The van der Waals surface area contributed by atoms with Gasteiger partial charge in [-0.25, -0.2) is 0 Å². The third-order valence-corrected chi connectivity index (χ3v) is 3.14. The summed E-state index contributed by atoms with van der Waals surface area (Å²) in [6, 6.07) is 17.3. The zero-order chi connectivity index (χ0) is 13.9. The van der Waals surface area contributed by atoms with Crippen LogP contribution >= 0.6 is 0 Å². The van der Waals surface area contributed by atoms with E-state index in [2.05, 4.69) is 88.4 Å². The minimum atomic E-state index is 0.231. The number of aryl methyl sites for hydroxylation is 1. The molecular weight excluding hydrogens is 228 g/mol. The van der Waals surface area contributed by atoms with Gasteiger partial charge >= 0.3 is 0 Å². The number of hydrogen-bond acceptors (Lipinski definition) is 0. The lowest BCUT2D eigenvalue weighted by Crippen LogP contribution is -1.97. The first-order valence-corrected chi connectivity index (χ1v) is 6.81. The van der Waals surface area contributed by atoms with E-state index in [-0.39, 0.29) is 5.41 Å². The SMILES string of the molecule is Cc1ccccc1-c1ccc(C=CC(C)(C)C)cc1. The molecule has 0 nitrogen and oxygen atoms in total. The first kappa shape index (κ1) is 13.6. The summed E-state index contributed by atoms with van der Waals surface area (Å²) in [5, 5.41) is 0. The van der Waals surface area contributed by atoms with Crippen LogP contribution in [0.15, 0.2) is 54.6 Å². The molecule has 0 spiro atoms. The van der Waals surface area contributed by atoms with Crippen LogP contribution in [-0.4, -0.2) is 0 Å². The van der Waals surface area contributed by atoms with Crippen LogP contribution in [0.3, 0.4) is 0 Å². The molecule has 0 unspecified atom stereocenters. The molecule has 0 atom stereocenters. The Kier molecular flexibility index (Phi) is 3.90. The topological polar surface area (TPSA) is 0 Å². The Morgan fingerprint density at radius 3 is 2.05 bits per heavy atom. The lowest BCUT2D eigenvalue weighted by molar-refractivity contribution is 0.547. The van der Waals surface area contributed by atoms with Crippen molar-refractivity contribution in [1.29, 1.82) is 0 Å². The fraction of sp³-hybridized carbons (Fsp3) is 0.263. The number of rotatable bonds is 2. The molecule has 0 amide bonds. The monoisotopic (exact) mass is 250 g/mol. The van der Waals surface area contributed by atoms with Crippen LogP contribution in [0.5, 0.6) is 0 Å². The van der Waals surface area contributed by atoms with Crippen LogP contribution in [0.2, 0.25) is 0 Å². The fourth-order valence-corrected chi connectivity index (χ4v) is 2.02. The van der Waals surface area contributed by atoms with E-state index in [0.717, 1.165) is 0 Å². The third kappa shape index (κ3) is 3.82. The Labute approximate surface area is 116 Å². The summed E-state index contributed by atoms with van der Waals surface area (Å²) < 4.78 is 0. The summed E-state index contributed by atoms with van der Waals surface area (Å²) in [5.41, 5.74) is 5.40. The van der Waals surface area contributed by atoms with Gasteiger partial charge in [0.25, 0.3) is 0 Å². The number of hydrogen-bond donors (Lipinski definition) is 0. The number of allylic oxidation sites excluding steroid dienone is 1. The smallest absolute Gasteiger partial charge is 0.0155 e. The van der Waals surface area contributed by atoms with E-state index in [1.165, 1.54) is 22.3 Å². The van der Waals surface area contributed by atoms with Gasteiger partial charge in [0.05, 0.1) is 0 Å². The van der Waals surface area contributed by atoms with Gasteiger partial charge in [0.2, 0.25) is 0 Å². The zero-order valence-corrected chi connectivity index (χ0v) is 12.3. The second-order valence-electron chi connectivity index (χ2n) is 6.14. The molecule has 2 aromatic rings. The Morgan fingerprint density at radius 2 is 1.47 bits per heavy atom. The van der Waals surface area contributed by atoms with Crippen molar-refractivity contribution in [1.82, 2.24) is 0 Å². The summed E-state index contributed by atoms with van der Waals surface area (Å²) in [4.78, 5) is 0. The van der Waals surface area contributed by atoms with Gasteiger partial charge in [0.15, 0.2) is 0 Å². The Morgan fingerprint density at radius 1 is 0.842 bits per heavy atom. The van der Waals surface area contributed by atoms with E-state index in [4.69, 9.17) is 0 Å². The average Bonchev–Trinajstić information content (AvgIpc) is 2.37. The number of benzene rings is 2. The van der Waals surface area contributed by atoms with Crippen molar-refractivity contribution in [2.45, 2.75) is 27.7 Å². The lowest BCUT2D eigenvalue weighted by atomic mass is 9.94. The predicted octanol–water partition coefficient (Wildman–Crippen LogP) is 5.72. The maximum atomic E-state index is 2.25. The normalized spacial score (nSPS) is 12.0. The largest absolute Gasteiger partial charge is 0.0785 e. The van der Waals surface area contributed by atoms with Crippen molar-refractivity contribution in [2.24, 2.45) is 5.41 Å². The molecule has 0 heterocycles. The van der Waals surface area contributed by atoms with Crippen molar-refractivity contribution >= 4 is 6.08 Å². The Bertz CT molecular complexity index is 566. The van der Waals surface area contributed by atoms with Gasteiger partial charge in [0, 0.05) is 0 Å². The van der Waals surface area contributed by atoms with Crippen molar-refractivity contribution in [2.75, 3.05) is 0 Å². The van der Waals surface area contributed by atoms with E-state index in [1.54, 1.807) is 0 Å². The molecule has 2 aromatic carbocycles. The summed E-state index contributed by atoms with van der Waals surface area (Å²) in [6.07, 6.45) is 4.44. The van der Waals surface area contributed by atoms with Gasteiger partial charge in [-0.15, -0.1) is 0 Å². The first-order chi connectivity index (χ1) is 8.96. The summed E-state index contributed by atoms with van der Waals surface area (Å²) in [5.74, 6) is 0. The maximum absolute atomic E-state index is 2.25. The molecule has 0 heteroatoms. The molecule has 2 rings (SSSR count). The third-order valence-electron chi connectivity index (χ3n) is 3.14. The molecule has 0 saturated carbocycles. The van der Waals surface area contributed by atoms with Crippen LogP contribution in [0.4, 0.5) is 0 Å². The highest BCUT2D eigenvalue weighted by Crippen LogP contribution is 2.24. The molecule has 0 aromatic heterocycles. The quantitative estimate of drug-likeness (QED) is 0.639. The van der Waals surface area contributed by atoms with Crippen LogP contribution in [0, 0.1) is 12.3 Å². The average molecular weight is 250 g/mol. The van der Waals surface area contributed by atoms with E-state index in [9.17, 15) is 0 Å². The molecule has 0 aliphatic carbocycles. The molecule has 0 fully saturated rings. The van der Waals surface area contributed by atoms with Gasteiger partial charge in [0.1, 0.15) is 0 Å². The molecule has 0 radical (unpaired) electrons. The van der Waals surface area contributed by atoms with Gasteiger partial charge in [-0.3, -0.25) is 0 Å². The van der Waals surface area contributed by atoms with E-state index < -0.39 is 0 Å². The van der Waals surface area contributed by atoms with Crippen LogP contribution in [0.1, 0.15) is 31.9 Å². The highest BCUT2D eigenvalue weighted by Gasteiger charge is 2.04. The van der Waals surface area contributed by atoms with Crippen molar-refractivity contribution in [3.05, 3.63) is 65.7 Å². The molecule has 0 aliphatic heterocycles. The first-order valence-electron chi connectivity index (χ1n) is 6.81. The van der Waals surface area contributed by atoms with E-state index in [1.807, 2.05) is 0 Å². The Hall–Kier alpha value is -1.82. The van der Waals surface area contributed by atoms with Gasteiger partial charge in [-0.1, -0.05) is 81.5 Å². The maximum Gasteiger partial charge on any atom is -0.0155 e. The summed E-state index contributed by atoms with van der Waals surface area (Å²) in [7, 11) is 0. The molecule has 19 heavy (non-hydrogen) atoms. The molecule has 0 bridgehead atoms. The second-order valence-corrected chi connectivity index (χ2v) is 6.14. The van der Waals surface area contributed by atoms with E-state index >= 15 is 0 Å². The van der Waals surface area contributed by atoms with Crippen molar-refractivity contribution < 1.29 is 0 Å².